The van der Waals surface area contributed by atoms with Gasteiger partial charge in [-0.3, -0.25) is 0 Å². The van der Waals surface area contributed by atoms with Crippen LogP contribution in [0.3, 0.4) is 0 Å². The van der Waals surface area contributed by atoms with Crippen molar-refractivity contribution in [1.29, 1.82) is 0 Å². The van der Waals surface area contributed by atoms with Crippen LogP contribution in [0.1, 0.15) is 66.2 Å². The van der Waals surface area contributed by atoms with Crippen molar-refractivity contribution in [2.24, 2.45) is 5.11 Å². The van der Waals surface area contributed by atoms with Crippen molar-refractivity contribution in [3.63, 3.8) is 0 Å². The molecule has 0 unspecified atom stereocenters. The molecule has 2 rings (SSSR count). The lowest BCUT2D eigenvalue weighted by Gasteiger charge is -2.09. The number of hydrogen-bond donors (Lipinski definition) is 0. The van der Waals surface area contributed by atoms with E-state index in [1.54, 1.807) is 47.0 Å². The topological polar surface area (TPSA) is 64.2 Å². The van der Waals surface area contributed by atoms with Gasteiger partial charge < -0.3 is 5.21 Å². The maximum absolute atomic E-state index is 13.2. The summed E-state index contributed by atoms with van der Waals surface area (Å²) in [7, 11) is 0. The number of azo groups is 1. The summed E-state index contributed by atoms with van der Waals surface area (Å²) in [6.07, 6.45) is 6.64. The van der Waals surface area contributed by atoms with Gasteiger partial charge in [-0.2, -0.15) is 0 Å². The first-order chi connectivity index (χ1) is 16.1. The van der Waals surface area contributed by atoms with Crippen LogP contribution in [-0.2, 0) is 0 Å². The summed E-state index contributed by atoms with van der Waals surface area (Å²) >= 11 is 6.80. The van der Waals surface area contributed by atoms with Crippen molar-refractivity contribution < 1.29 is 4.86 Å². The van der Waals surface area contributed by atoms with Crippen LogP contribution in [0.2, 0.25) is 0 Å². The average Bonchev–Trinajstić information content (AvgIpc) is 2.83. The first-order valence-electron chi connectivity index (χ1n) is 11.8. The minimum Gasteiger partial charge on any atom is -0.594 e. The monoisotopic (exact) mass is 524 g/mol. The number of unbranched alkanes of at least 4 members (excludes halogenated alkanes) is 2. The number of hydrogen-bond acceptors (Lipinski definition) is 8. The normalized spacial score (nSPS) is 11.8. The molecule has 0 saturated carbocycles. The van der Waals surface area contributed by atoms with E-state index in [1.807, 2.05) is 24.3 Å². The zero-order valence-corrected chi connectivity index (χ0v) is 23.5. The lowest BCUT2D eigenvalue weighted by Crippen LogP contribution is -1.98. The molecule has 0 aromatic carbocycles. The van der Waals surface area contributed by atoms with E-state index < -0.39 is 0 Å². The van der Waals surface area contributed by atoms with Gasteiger partial charge >= 0.3 is 0 Å². The second-order valence-electron chi connectivity index (χ2n) is 7.42. The lowest BCUT2D eigenvalue weighted by atomic mass is 10.4. The maximum Gasteiger partial charge on any atom is 0.276 e. The molecule has 0 fully saturated rings. The van der Waals surface area contributed by atoms with Gasteiger partial charge in [0.15, 0.2) is 10.7 Å². The SMILES string of the molecule is CCCCSc1nc(SCCC)ccc1N=[N+]([O-])c1ccc(SCCC)nc1SCCCC. The van der Waals surface area contributed by atoms with Gasteiger partial charge in [0.1, 0.15) is 5.03 Å². The molecule has 2 aromatic rings. The Bertz CT molecular complexity index is 880. The summed E-state index contributed by atoms with van der Waals surface area (Å²) in [6, 6.07) is 7.68. The van der Waals surface area contributed by atoms with Gasteiger partial charge in [0.25, 0.3) is 5.69 Å². The molecule has 0 aliphatic rings. The third-order valence-electron chi connectivity index (χ3n) is 4.42. The Kier molecular flexibility index (Phi) is 14.3. The van der Waals surface area contributed by atoms with Crippen LogP contribution < -0.4 is 0 Å². The smallest absolute Gasteiger partial charge is 0.276 e. The minimum atomic E-state index is 0.505. The van der Waals surface area contributed by atoms with E-state index in [-0.39, 0.29) is 0 Å². The Balaban J connectivity index is 2.35. The van der Waals surface area contributed by atoms with Gasteiger partial charge in [-0.05, 0) is 71.8 Å². The van der Waals surface area contributed by atoms with Gasteiger partial charge in [0.2, 0.25) is 0 Å². The predicted molar refractivity (Wildman–Crippen MR) is 147 cm³/mol. The Morgan fingerprint density at radius 2 is 1.24 bits per heavy atom. The Labute approximate surface area is 216 Å². The molecular formula is C24H36N4OS4. The number of thioether (sulfide) groups is 4. The molecule has 0 amide bonds. The highest BCUT2D eigenvalue weighted by Crippen LogP contribution is 2.35. The number of pyridine rings is 2. The van der Waals surface area contributed by atoms with E-state index in [2.05, 4.69) is 32.8 Å². The van der Waals surface area contributed by atoms with Gasteiger partial charge in [-0.25, -0.2) is 9.97 Å². The number of rotatable bonds is 16. The Morgan fingerprint density at radius 3 is 1.82 bits per heavy atom. The van der Waals surface area contributed by atoms with Crippen molar-refractivity contribution in [2.75, 3.05) is 23.0 Å². The van der Waals surface area contributed by atoms with Crippen LogP contribution in [0.15, 0.2) is 49.5 Å². The molecule has 0 saturated heterocycles. The van der Waals surface area contributed by atoms with Crippen LogP contribution in [0.25, 0.3) is 0 Å². The molecule has 9 heteroatoms. The molecule has 0 aliphatic heterocycles. The fourth-order valence-corrected chi connectivity index (χ4v) is 6.33. The summed E-state index contributed by atoms with van der Waals surface area (Å²) in [5.74, 6) is 3.96. The molecule has 5 nitrogen and oxygen atoms in total. The minimum absolute atomic E-state index is 0.505. The number of aromatic nitrogens is 2. The van der Waals surface area contributed by atoms with Gasteiger partial charge in [0.05, 0.1) is 10.1 Å². The maximum atomic E-state index is 13.2. The van der Waals surface area contributed by atoms with Crippen molar-refractivity contribution >= 4 is 58.4 Å². The zero-order chi connectivity index (χ0) is 23.9. The van der Waals surface area contributed by atoms with Gasteiger partial charge in [0, 0.05) is 11.2 Å². The molecule has 0 aliphatic carbocycles. The van der Waals surface area contributed by atoms with Gasteiger partial charge in [-0.15, -0.1) is 35.3 Å². The van der Waals surface area contributed by atoms with Crippen LogP contribution >= 0.6 is 47.0 Å². The summed E-state index contributed by atoms with van der Waals surface area (Å²) in [5, 5.41) is 21.1. The molecule has 182 valence electrons. The molecular weight excluding hydrogens is 489 g/mol. The van der Waals surface area contributed by atoms with E-state index in [4.69, 9.17) is 9.97 Å². The fourth-order valence-electron chi connectivity index (χ4n) is 2.62. The van der Waals surface area contributed by atoms with E-state index >= 15 is 0 Å². The molecule has 0 radical (unpaired) electrons. The van der Waals surface area contributed by atoms with E-state index in [9.17, 15) is 5.21 Å². The zero-order valence-electron chi connectivity index (χ0n) is 20.2. The van der Waals surface area contributed by atoms with Crippen molar-refractivity contribution in [2.45, 2.75) is 86.3 Å². The highest BCUT2D eigenvalue weighted by molar-refractivity contribution is 8.00. The first-order valence-corrected chi connectivity index (χ1v) is 15.8. The van der Waals surface area contributed by atoms with Crippen LogP contribution in [0.4, 0.5) is 11.4 Å². The first kappa shape index (κ1) is 28.3. The summed E-state index contributed by atoms with van der Waals surface area (Å²) in [6.45, 7) is 8.68. The van der Waals surface area contributed by atoms with Crippen LogP contribution in [0.5, 0.6) is 0 Å². The molecule has 0 N–H and O–H groups in total. The lowest BCUT2D eigenvalue weighted by molar-refractivity contribution is -0.438. The second-order valence-corrected chi connectivity index (χ2v) is 11.8. The second kappa shape index (κ2) is 16.7. The largest absolute Gasteiger partial charge is 0.594 e. The Hall–Kier alpha value is -0.900. The molecule has 0 atom stereocenters. The van der Waals surface area contributed by atoms with Crippen molar-refractivity contribution in [1.82, 2.24) is 9.97 Å². The standard InChI is InChI=1S/C24H36N4OS4/c1-5-9-17-32-23-19(11-13-21(25-23)30-15-7-3)27-28(29)20-12-14-22(31-16-8-4)26-24(20)33-18-10-6-2/h11-14H,5-10,15-18H2,1-4H3. The van der Waals surface area contributed by atoms with E-state index in [1.165, 1.54) is 0 Å². The van der Waals surface area contributed by atoms with E-state index in [0.717, 1.165) is 86.5 Å². The molecule has 0 spiro atoms. The Morgan fingerprint density at radius 1 is 0.697 bits per heavy atom. The molecule has 33 heavy (non-hydrogen) atoms. The van der Waals surface area contributed by atoms with Crippen LogP contribution in [0, 0.1) is 5.21 Å². The summed E-state index contributed by atoms with van der Waals surface area (Å²) in [5.41, 5.74) is 1.13. The average molecular weight is 525 g/mol. The summed E-state index contributed by atoms with van der Waals surface area (Å²) < 4.78 is 0. The molecule has 2 heterocycles. The molecule has 0 bridgehead atoms. The third-order valence-corrected chi connectivity index (χ3v) is 8.82. The predicted octanol–water partition coefficient (Wildman–Crippen LogP) is 9.19. The number of nitrogens with zero attached hydrogens (tertiary/aromatic N) is 4. The van der Waals surface area contributed by atoms with Crippen molar-refractivity contribution in [3.05, 3.63) is 29.5 Å². The van der Waals surface area contributed by atoms with Crippen LogP contribution in [-0.4, -0.2) is 37.8 Å². The highest BCUT2D eigenvalue weighted by atomic mass is 32.2. The summed E-state index contributed by atoms with van der Waals surface area (Å²) in [4.78, 5) is 10.3. The highest BCUT2D eigenvalue weighted by Gasteiger charge is 2.17. The fraction of sp³-hybridized carbons (Fsp3) is 0.583. The molecule has 2 aromatic heterocycles. The third kappa shape index (κ3) is 10.1. The quantitative estimate of drug-likeness (QED) is 0.0712. The van der Waals surface area contributed by atoms with Crippen molar-refractivity contribution in [3.8, 4) is 0 Å². The van der Waals surface area contributed by atoms with E-state index in [0.29, 0.717) is 11.4 Å². The van der Waals surface area contributed by atoms with Gasteiger partial charge in [-0.1, -0.05) is 52.3 Å².